The molecule has 3 N–H and O–H groups in total. The lowest BCUT2D eigenvalue weighted by molar-refractivity contribution is -0.243. The second-order valence-corrected chi connectivity index (χ2v) is 8.71. The SMILES string of the molecule is O=C1OC2(NCCC(Oc3cc(F)cc(F)c3)c3ccc(-c4ccc(OC(F)F)nn4)cc32)OC(=O)C(O)C1O. The maximum Gasteiger partial charge on any atom is 0.388 e. The molecule has 15 heteroatoms. The number of halogens is 4. The van der Waals surface area contributed by atoms with Crippen LogP contribution in [0, 0.1) is 11.6 Å². The standard InChI is InChI=1S/C25H19F4N3O8/c26-12-8-13(27)10-14(9-12)37-18-5-6-30-25(39-22(35)20(33)21(34)23(36)40-25)16-7-11(1-2-15(16)18)17-3-4-19(32-31-17)38-24(28)29/h1-4,7-10,18,20-21,24,30,33-34H,5-6H2. The number of nitrogens with one attached hydrogen (secondary N) is 1. The average Bonchev–Trinajstić information content (AvgIpc) is 3.08. The number of esters is 2. The second-order valence-electron chi connectivity index (χ2n) is 8.71. The monoisotopic (exact) mass is 565 g/mol. The van der Waals surface area contributed by atoms with Crippen LogP contribution in [0.5, 0.6) is 11.6 Å². The van der Waals surface area contributed by atoms with E-state index in [9.17, 15) is 37.4 Å². The Morgan fingerprint density at radius 3 is 2.23 bits per heavy atom. The fraction of sp³-hybridized carbons (Fsp3) is 0.280. The number of benzene rings is 2. The Morgan fingerprint density at radius 2 is 1.62 bits per heavy atom. The summed E-state index contributed by atoms with van der Waals surface area (Å²) in [6.07, 6.45) is -5.34. The minimum atomic E-state index is -3.12. The number of rotatable bonds is 5. The van der Waals surface area contributed by atoms with Crippen LogP contribution in [0.25, 0.3) is 11.3 Å². The van der Waals surface area contributed by atoms with Crippen LogP contribution >= 0.6 is 0 Å². The molecular formula is C25H19F4N3O8. The summed E-state index contributed by atoms with van der Waals surface area (Å²) in [5, 5.41) is 30.2. The molecule has 3 atom stereocenters. The molecule has 2 aliphatic rings. The lowest BCUT2D eigenvalue weighted by Crippen LogP contribution is -2.49. The predicted molar refractivity (Wildman–Crippen MR) is 122 cm³/mol. The van der Waals surface area contributed by atoms with Gasteiger partial charge in [0.25, 0.3) is 0 Å². The molecule has 0 bridgehead atoms. The Balaban J connectivity index is 1.61. The number of hydrogen-bond acceptors (Lipinski definition) is 11. The van der Waals surface area contributed by atoms with E-state index in [0.29, 0.717) is 6.07 Å². The number of nitrogens with zero attached hydrogens (tertiary/aromatic N) is 2. The van der Waals surface area contributed by atoms with Crippen LogP contribution in [0.1, 0.15) is 23.7 Å². The number of hydrogen-bond donors (Lipinski definition) is 3. The zero-order valence-corrected chi connectivity index (χ0v) is 20.1. The number of carbonyl (C=O) groups is 2. The molecule has 0 radical (unpaired) electrons. The van der Waals surface area contributed by atoms with Crippen LogP contribution in [-0.2, 0) is 25.0 Å². The highest BCUT2D eigenvalue weighted by molar-refractivity contribution is 5.87. The molecule has 2 aliphatic heterocycles. The van der Waals surface area contributed by atoms with E-state index in [2.05, 4.69) is 20.3 Å². The molecule has 0 saturated carbocycles. The fourth-order valence-corrected chi connectivity index (χ4v) is 4.28. The Labute approximate surface area is 222 Å². The lowest BCUT2D eigenvalue weighted by atomic mass is 9.95. The van der Waals surface area contributed by atoms with Crippen molar-refractivity contribution in [3.63, 3.8) is 0 Å². The van der Waals surface area contributed by atoms with Crippen molar-refractivity contribution in [2.24, 2.45) is 0 Å². The average molecular weight is 565 g/mol. The van der Waals surface area contributed by atoms with Crippen molar-refractivity contribution < 1.29 is 56.3 Å². The van der Waals surface area contributed by atoms with Crippen LogP contribution < -0.4 is 14.8 Å². The van der Waals surface area contributed by atoms with E-state index in [0.717, 1.165) is 18.2 Å². The van der Waals surface area contributed by atoms with Gasteiger partial charge in [0.2, 0.25) is 5.88 Å². The van der Waals surface area contributed by atoms with Crippen molar-refractivity contribution >= 4 is 11.9 Å². The topological polar surface area (TPSA) is 149 Å². The Bertz CT molecular complexity index is 1400. The number of alkyl halides is 2. The normalized spacial score (nSPS) is 24.5. The lowest BCUT2D eigenvalue weighted by Gasteiger charge is -2.32. The van der Waals surface area contributed by atoms with Crippen molar-refractivity contribution in [2.75, 3.05) is 6.54 Å². The van der Waals surface area contributed by atoms with Gasteiger partial charge in [-0.05, 0) is 12.1 Å². The van der Waals surface area contributed by atoms with Crippen LogP contribution in [0.15, 0.2) is 48.5 Å². The van der Waals surface area contributed by atoms with Gasteiger partial charge in [-0.3, -0.25) is 0 Å². The summed E-state index contributed by atoms with van der Waals surface area (Å²) < 4.78 is 73.5. The van der Waals surface area contributed by atoms with Gasteiger partial charge in [0.1, 0.15) is 23.5 Å². The van der Waals surface area contributed by atoms with Crippen molar-refractivity contribution in [1.29, 1.82) is 0 Å². The Kier molecular flexibility index (Phi) is 7.27. The Hall–Kier alpha value is -4.34. The van der Waals surface area contributed by atoms with Gasteiger partial charge in [-0.1, -0.05) is 12.1 Å². The minimum Gasteiger partial charge on any atom is -0.485 e. The van der Waals surface area contributed by atoms with Gasteiger partial charge in [-0.25, -0.2) is 23.7 Å². The number of aromatic nitrogens is 2. The third kappa shape index (κ3) is 5.38. The van der Waals surface area contributed by atoms with Crippen molar-refractivity contribution in [3.8, 4) is 22.9 Å². The Morgan fingerprint density at radius 1 is 0.950 bits per heavy atom. The molecule has 2 aromatic carbocycles. The van der Waals surface area contributed by atoms with E-state index in [1.807, 2.05) is 0 Å². The molecular weight excluding hydrogens is 546 g/mol. The maximum absolute atomic E-state index is 13.8. The molecule has 11 nitrogen and oxygen atoms in total. The summed E-state index contributed by atoms with van der Waals surface area (Å²) in [6, 6.07) is 9.38. The highest BCUT2D eigenvalue weighted by Gasteiger charge is 2.52. The summed E-state index contributed by atoms with van der Waals surface area (Å²) in [6.45, 7) is -3.18. The molecule has 1 saturated heterocycles. The first-order valence-corrected chi connectivity index (χ1v) is 11.7. The van der Waals surface area contributed by atoms with E-state index in [1.54, 1.807) is 0 Å². The molecule has 3 unspecified atom stereocenters. The first-order chi connectivity index (χ1) is 19.0. The molecule has 3 heterocycles. The highest BCUT2D eigenvalue weighted by Crippen LogP contribution is 2.41. The van der Waals surface area contributed by atoms with E-state index < -0.39 is 60.3 Å². The third-order valence-electron chi connectivity index (χ3n) is 6.05. The number of carbonyl (C=O) groups excluding carboxylic acids is 2. The molecule has 1 aromatic heterocycles. The smallest absolute Gasteiger partial charge is 0.388 e. The quantitative estimate of drug-likeness (QED) is 0.308. The van der Waals surface area contributed by atoms with Gasteiger partial charge in [-0.2, -0.15) is 8.78 Å². The fourth-order valence-electron chi connectivity index (χ4n) is 4.28. The maximum atomic E-state index is 13.8. The van der Waals surface area contributed by atoms with Crippen LogP contribution in [0.2, 0.25) is 0 Å². The van der Waals surface area contributed by atoms with Crippen LogP contribution in [0.3, 0.4) is 0 Å². The van der Waals surface area contributed by atoms with E-state index in [4.69, 9.17) is 14.2 Å². The van der Waals surface area contributed by atoms with E-state index >= 15 is 0 Å². The third-order valence-corrected chi connectivity index (χ3v) is 6.05. The molecule has 210 valence electrons. The molecule has 3 aromatic rings. The first kappa shape index (κ1) is 27.2. The summed E-state index contributed by atoms with van der Waals surface area (Å²) in [5.41, 5.74) is 0.586. The first-order valence-electron chi connectivity index (χ1n) is 11.7. The summed E-state index contributed by atoms with van der Waals surface area (Å²) in [4.78, 5) is 25.2. The minimum absolute atomic E-state index is 0.0536. The summed E-state index contributed by atoms with van der Waals surface area (Å²) >= 11 is 0. The van der Waals surface area contributed by atoms with Gasteiger partial charge < -0.3 is 29.2 Å². The molecule has 1 fully saturated rings. The van der Waals surface area contributed by atoms with Crippen molar-refractivity contribution in [2.45, 2.75) is 37.3 Å². The number of ether oxygens (including phenoxy) is 4. The highest BCUT2D eigenvalue weighted by atomic mass is 19.3. The van der Waals surface area contributed by atoms with Crippen molar-refractivity contribution in [1.82, 2.24) is 15.5 Å². The van der Waals surface area contributed by atoms with Gasteiger partial charge in [0, 0.05) is 48.4 Å². The molecule has 1 spiro atoms. The second kappa shape index (κ2) is 10.7. The molecule has 40 heavy (non-hydrogen) atoms. The van der Waals surface area contributed by atoms with E-state index in [1.165, 1.54) is 24.3 Å². The number of aliphatic hydroxyl groups excluding tert-OH is 2. The van der Waals surface area contributed by atoms with Gasteiger partial charge in [-0.15, -0.1) is 10.2 Å². The van der Waals surface area contributed by atoms with Crippen molar-refractivity contribution in [3.05, 3.63) is 71.3 Å². The van der Waals surface area contributed by atoms with E-state index in [-0.39, 0.29) is 41.1 Å². The van der Waals surface area contributed by atoms with Crippen LogP contribution in [0.4, 0.5) is 17.6 Å². The largest absolute Gasteiger partial charge is 0.485 e. The molecule has 0 aliphatic carbocycles. The van der Waals surface area contributed by atoms with Crippen LogP contribution in [-0.4, -0.2) is 57.7 Å². The summed E-state index contributed by atoms with van der Waals surface area (Å²) in [5.74, 6) is -7.53. The van der Waals surface area contributed by atoms with Gasteiger partial charge in [0.15, 0.2) is 12.2 Å². The predicted octanol–water partition coefficient (Wildman–Crippen LogP) is 2.07. The zero-order chi connectivity index (χ0) is 28.6. The molecule has 5 rings (SSSR count). The summed E-state index contributed by atoms with van der Waals surface area (Å²) in [7, 11) is 0. The number of fused-ring (bicyclic) bond motifs is 2. The van der Waals surface area contributed by atoms with Gasteiger partial charge in [0.05, 0.1) is 11.3 Å². The molecule has 0 amide bonds. The number of aliphatic hydroxyl groups is 2. The van der Waals surface area contributed by atoms with Gasteiger partial charge >= 0.3 is 24.5 Å². The zero-order valence-electron chi connectivity index (χ0n) is 20.1.